The van der Waals surface area contributed by atoms with Crippen molar-refractivity contribution in [3.8, 4) is 6.01 Å². The zero-order valence-corrected chi connectivity index (χ0v) is 10.6. The molecule has 6 nitrogen and oxygen atoms in total. The molecule has 1 saturated heterocycles. The molecule has 1 aliphatic rings. The second-order valence-corrected chi connectivity index (χ2v) is 4.58. The van der Waals surface area contributed by atoms with E-state index in [-0.39, 0.29) is 17.7 Å². The highest BCUT2D eigenvalue weighted by atomic mass is 16.5. The highest BCUT2D eigenvalue weighted by molar-refractivity contribution is 5.88. The molecule has 0 aliphatic carbocycles. The van der Waals surface area contributed by atoms with Crippen LogP contribution < -0.4 is 4.74 Å². The topological polar surface area (TPSA) is 75.5 Å². The van der Waals surface area contributed by atoms with Crippen LogP contribution in [0.3, 0.4) is 0 Å². The van der Waals surface area contributed by atoms with Gasteiger partial charge in [0.15, 0.2) is 0 Å². The third-order valence-corrected chi connectivity index (χ3v) is 3.13. The van der Waals surface area contributed by atoms with Crippen molar-refractivity contribution in [2.45, 2.75) is 25.9 Å². The van der Waals surface area contributed by atoms with Gasteiger partial charge in [-0.05, 0) is 26.8 Å². The maximum Gasteiger partial charge on any atom is 0.339 e. The minimum atomic E-state index is -1.02. The third-order valence-electron chi connectivity index (χ3n) is 3.13. The molecule has 1 N–H and O–H groups in total. The Morgan fingerprint density at radius 2 is 2.17 bits per heavy atom. The summed E-state index contributed by atoms with van der Waals surface area (Å²) in [5.41, 5.74) is 0.547. The molecule has 0 radical (unpaired) electrons. The Bertz CT molecular complexity index is 442. The van der Waals surface area contributed by atoms with Gasteiger partial charge in [-0.25, -0.2) is 9.78 Å². The van der Waals surface area contributed by atoms with Gasteiger partial charge in [-0.1, -0.05) is 0 Å². The van der Waals surface area contributed by atoms with Gasteiger partial charge in [0.05, 0.1) is 11.3 Å². The third kappa shape index (κ3) is 2.95. The van der Waals surface area contributed by atoms with Crippen LogP contribution >= 0.6 is 0 Å². The zero-order valence-electron chi connectivity index (χ0n) is 10.6. The lowest BCUT2D eigenvalue weighted by atomic mass is 10.1. The first-order chi connectivity index (χ1) is 8.56. The molecule has 0 aromatic carbocycles. The quantitative estimate of drug-likeness (QED) is 0.862. The summed E-state index contributed by atoms with van der Waals surface area (Å²) in [6.45, 7) is 3.64. The van der Waals surface area contributed by atoms with E-state index in [1.54, 1.807) is 6.92 Å². The molecule has 2 rings (SSSR count). The van der Waals surface area contributed by atoms with Crippen molar-refractivity contribution in [1.82, 2.24) is 14.9 Å². The summed E-state index contributed by atoms with van der Waals surface area (Å²) < 4.78 is 5.68. The number of ether oxygens (including phenoxy) is 1. The number of hydrogen-bond donors (Lipinski definition) is 1. The van der Waals surface area contributed by atoms with Gasteiger partial charge in [0.2, 0.25) is 0 Å². The van der Waals surface area contributed by atoms with Gasteiger partial charge in [0, 0.05) is 19.3 Å². The molecule has 1 aliphatic heterocycles. The number of hydrogen-bond acceptors (Lipinski definition) is 5. The fraction of sp³-hybridized carbons (Fsp3) is 0.583. The van der Waals surface area contributed by atoms with E-state index in [9.17, 15) is 4.79 Å². The van der Waals surface area contributed by atoms with E-state index in [2.05, 4.69) is 21.9 Å². The number of rotatable bonds is 3. The van der Waals surface area contributed by atoms with Crippen molar-refractivity contribution in [2.75, 3.05) is 20.1 Å². The first-order valence-electron chi connectivity index (χ1n) is 5.98. The summed E-state index contributed by atoms with van der Waals surface area (Å²) in [5.74, 6) is -1.02. The Kier molecular flexibility index (Phi) is 3.76. The van der Waals surface area contributed by atoms with Crippen LogP contribution in [0.15, 0.2) is 6.20 Å². The number of aromatic carboxylic acids is 1. The van der Waals surface area contributed by atoms with E-state index in [0.29, 0.717) is 5.69 Å². The highest BCUT2D eigenvalue weighted by Gasteiger charge is 2.19. The van der Waals surface area contributed by atoms with Gasteiger partial charge in [-0.15, -0.1) is 0 Å². The van der Waals surface area contributed by atoms with Gasteiger partial charge in [0.1, 0.15) is 6.10 Å². The zero-order chi connectivity index (χ0) is 13.1. The van der Waals surface area contributed by atoms with Crippen LogP contribution in [0.5, 0.6) is 6.01 Å². The minimum absolute atomic E-state index is 0.116. The van der Waals surface area contributed by atoms with Crippen molar-refractivity contribution < 1.29 is 14.6 Å². The van der Waals surface area contributed by atoms with Crippen LogP contribution in [0.1, 0.15) is 28.9 Å². The minimum Gasteiger partial charge on any atom is -0.478 e. The average Bonchev–Trinajstić information content (AvgIpc) is 2.32. The fourth-order valence-electron chi connectivity index (χ4n) is 1.96. The molecule has 0 spiro atoms. The van der Waals surface area contributed by atoms with Gasteiger partial charge in [-0.2, -0.15) is 4.98 Å². The van der Waals surface area contributed by atoms with Crippen molar-refractivity contribution >= 4 is 5.97 Å². The highest BCUT2D eigenvalue weighted by Crippen LogP contribution is 2.16. The Morgan fingerprint density at radius 3 is 2.72 bits per heavy atom. The molecule has 6 heteroatoms. The summed E-state index contributed by atoms with van der Waals surface area (Å²) >= 11 is 0. The molecule has 0 saturated carbocycles. The fourth-order valence-corrected chi connectivity index (χ4v) is 1.96. The SMILES string of the molecule is Cc1nc(OC2CCN(C)CC2)ncc1C(=O)O. The predicted molar refractivity (Wildman–Crippen MR) is 64.9 cm³/mol. The van der Waals surface area contributed by atoms with Crippen molar-refractivity contribution in [1.29, 1.82) is 0 Å². The van der Waals surface area contributed by atoms with Gasteiger partial charge in [-0.3, -0.25) is 0 Å². The Balaban J connectivity index is 2.02. The van der Waals surface area contributed by atoms with E-state index >= 15 is 0 Å². The van der Waals surface area contributed by atoms with Gasteiger partial charge >= 0.3 is 12.0 Å². The lowest BCUT2D eigenvalue weighted by molar-refractivity contribution is 0.0694. The van der Waals surface area contributed by atoms with Crippen LogP contribution in [-0.2, 0) is 0 Å². The van der Waals surface area contributed by atoms with Crippen LogP contribution in [0.25, 0.3) is 0 Å². The molecule has 2 heterocycles. The molecule has 0 bridgehead atoms. The average molecular weight is 251 g/mol. The number of carbonyl (C=O) groups is 1. The van der Waals surface area contributed by atoms with E-state index < -0.39 is 5.97 Å². The van der Waals surface area contributed by atoms with E-state index in [4.69, 9.17) is 9.84 Å². The van der Waals surface area contributed by atoms with E-state index in [1.807, 2.05) is 0 Å². The van der Waals surface area contributed by atoms with Crippen molar-refractivity contribution in [2.24, 2.45) is 0 Å². The molecule has 18 heavy (non-hydrogen) atoms. The van der Waals surface area contributed by atoms with Crippen molar-refractivity contribution in [3.05, 3.63) is 17.5 Å². The van der Waals surface area contributed by atoms with Crippen LogP contribution in [0.4, 0.5) is 0 Å². The number of likely N-dealkylation sites (tertiary alicyclic amines) is 1. The molecule has 1 fully saturated rings. The maximum absolute atomic E-state index is 10.8. The molecular formula is C12H17N3O3. The van der Waals surface area contributed by atoms with Crippen LogP contribution in [0.2, 0.25) is 0 Å². The summed E-state index contributed by atoms with van der Waals surface area (Å²) in [5, 5.41) is 8.88. The number of carboxylic acid groups (broad SMARTS) is 1. The molecule has 0 unspecified atom stereocenters. The number of aromatic nitrogens is 2. The summed E-state index contributed by atoms with van der Waals surface area (Å²) in [4.78, 5) is 21.1. The lowest BCUT2D eigenvalue weighted by Gasteiger charge is -2.28. The molecule has 1 aromatic rings. The number of aryl methyl sites for hydroxylation is 1. The second kappa shape index (κ2) is 5.30. The molecular weight excluding hydrogens is 234 g/mol. The summed E-state index contributed by atoms with van der Waals surface area (Å²) in [7, 11) is 2.08. The van der Waals surface area contributed by atoms with E-state index in [0.717, 1.165) is 25.9 Å². The van der Waals surface area contributed by atoms with Crippen molar-refractivity contribution in [3.63, 3.8) is 0 Å². The maximum atomic E-state index is 10.8. The number of nitrogens with zero attached hydrogens (tertiary/aromatic N) is 3. The molecule has 0 amide bonds. The van der Waals surface area contributed by atoms with E-state index in [1.165, 1.54) is 6.20 Å². The first-order valence-corrected chi connectivity index (χ1v) is 5.98. The predicted octanol–water partition coefficient (Wildman–Crippen LogP) is 0.956. The Hall–Kier alpha value is -1.69. The monoisotopic (exact) mass is 251 g/mol. The lowest BCUT2D eigenvalue weighted by Crippen LogP contribution is -2.36. The summed E-state index contributed by atoms with van der Waals surface area (Å²) in [6.07, 6.45) is 3.31. The molecule has 1 aromatic heterocycles. The summed E-state index contributed by atoms with van der Waals surface area (Å²) in [6, 6.07) is 0.270. The number of carboxylic acids is 1. The largest absolute Gasteiger partial charge is 0.478 e. The normalized spacial score (nSPS) is 17.7. The van der Waals surface area contributed by atoms with Crippen LogP contribution in [-0.4, -0.2) is 52.2 Å². The Labute approximate surface area is 106 Å². The van der Waals surface area contributed by atoms with Gasteiger partial charge in [0.25, 0.3) is 0 Å². The van der Waals surface area contributed by atoms with Gasteiger partial charge < -0.3 is 14.7 Å². The number of piperidine rings is 1. The first kappa shape index (κ1) is 12.8. The van der Waals surface area contributed by atoms with Crippen LogP contribution in [0, 0.1) is 6.92 Å². The Morgan fingerprint density at radius 1 is 1.50 bits per heavy atom. The molecule has 98 valence electrons. The second-order valence-electron chi connectivity index (χ2n) is 4.58. The standard InChI is InChI=1S/C12H17N3O3/c1-8-10(11(16)17)7-13-12(14-8)18-9-3-5-15(2)6-4-9/h7,9H,3-6H2,1-2H3,(H,16,17). The smallest absolute Gasteiger partial charge is 0.339 e. The molecule has 0 atom stereocenters.